The zero-order valence-corrected chi connectivity index (χ0v) is 12.0. The van der Waals surface area contributed by atoms with Crippen molar-refractivity contribution in [1.29, 1.82) is 0 Å². The fourth-order valence-corrected chi connectivity index (χ4v) is 2.99. The first-order chi connectivity index (χ1) is 9.65. The minimum Gasteiger partial charge on any atom is -0.480 e. The number of nitrogens with zero attached hydrogens (tertiary/aromatic N) is 2. The zero-order valence-electron chi connectivity index (χ0n) is 11.2. The second-order valence-electron chi connectivity index (χ2n) is 5.04. The van der Waals surface area contributed by atoms with E-state index in [0.717, 1.165) is 29.3 Å². The maximum atomic E-state index is 11.2. The summed E-state index contributed by atoms with van der Waals surface area (Å²) in [4.78, 5) is 17.7. The quantitative estimate of drug-likeness (QED) is 0.886. The molecule has 0 aromatic carbocycles. The first-order valence-electron chi connectivity index (χ1n) is 6.62. The van der Waals surface area contributed by atoms with Crippen LogP contribution in [0.15, 0.2) is 28.2 Å². The second-order valence-corrected chi connectivity index (χ2v) is 5.90. The van der Waals surface area contributed by atoms with Crippen LogP contribution in [0.25, 0.3) is 10.8 Å². The van der Waals surface area contributed by atoms with Crippen molar-refractivity contribution in [3.63, 3.8) is 0 Å². The normalized spacial score (nSPS) is 16.5. The number of carboxylic acids is 1. The van der Waals surface area contributed by atoms with Gasteiger partial charge < -0.3 is 9.52 Å². The molecule has 1 saturated carbocycles. The van der Waals surface area contributed by atoms with E-state index in [-0.39, 0.29) is 0 Å². The minimum atomic E-state index is -0.779. The van der Waals surface area contributed by atoms with Crippen molar-refractivity contribution in [1.82, 2.24) is 9.88 Å². The van der Waals surface area contributed by atoms with Gasteiger partial charge in [0, 0.05) is 18.0 Å². The Balaban J connectivity index is 1.74. The largest absolute Gasteiger partial charge is 0.480 e. The summed E-state index contributed by atoms with van der Waals surface area (Å²) in [6, 6.07) is 3.62. The fraction of sp³-hybridized carbons (Fsp3) is 0.429. The standard InChI is InChI=1S/C14H16N2O3S/c1-9(14(17)18)16(11-4-5-11)7-10-8-20-13(15-10)12-3-2-6-19-12/h2-3,6,8-9,11H,4-5,7H2,1H3,(H,17,18). The molecule has 2 aromatic heterocycles. The number of carboxylic acid groups (broad SMARTS) is 1. The summed E-state index contributed by atoms with van der Waals surface area (Å²) in [5.41, 5.74) is 0.904. The van der Waals surface area contributed by atoms with E-state index in [0.29, 0.717) is 12.6 Å². The molecule has 1 aliphatic rings. The Morgan fingerprint density at radius 1 is 1.65 bits per heavy atom. The van der Waals surface area contributed by atoms with E-state index in [1.807, 2.05) is 22.4 Å². The maximum absolute atomic E-state index is 11.2. The van der Waals surface area contributed by atoms with Crippen molar-refractivity contribution in [2.24, 2.45) is 0 Å². The Bertz CT molecular complexity index is 589. The number of aromatic nitrogens is 1. The van der Waals surface area contributed by atoms with Crippen LogP contribution in [0.4, 0.5) is 0 Å². The molecular formula is C14H16N2O3S. The van der Waals surface area contributed by atoms with Crippen LogP contribution in [-0.2, 0) is 11.3 Å². The molecular weight excluding hydrogens is 276 g/mol. The Labute approximate surface area is 120 Å². The number of rotatable bonds is 6. The third kappa shape index (κ3) is 2.76. The average Bonchev–Trinajstić information content (AvgIpc) is 2.93. The monoisotopic (exact) mass is 292 g/mol. The summed E-state index contributed by atoms with van der Waals surface area (Å²) in [5.74, 6) is -0.0242. The molecule has 1 aliphatic carbocycles. The SMILES string of the molecule is CC(C(=O)O)N(Cc1csc(-c2ccco2)n1)C1CC1. The molecule has 0 aliphatic heterocycles. The predicted molar refractivity (Wildman–Crippen MR) is 75.5 cm³/mol. The summed E-state index contributed by atoms with van der Waals surface area (Å²) >= 11 is 1.52. The Morgan fingerprint density at radius 2 is 2.45 bits per heavy atom. The third-order valence-electron chi connectivity index (χ3n) is 3.50. The summed E-state index contributed by atoms with van der Waals surface area (Å²) in [6.45, 7) is 2.32. The Morgan fingerprint density at radius 3 is 3.05 bits per heavy atom. The lowest BCUT2D eigenvalue weighted by Crippen LogP contribution is -2.40. The molecule has 1 unspecified atom stereocenters. The number of thiazole rings is 1. The number of hydrogen-bond donors (Lipinski definition) is 1. The van der Waals surface area contributed by atoms with Gasteiger partial charge in [-0.05, 0) is 31.9 Å². The molecule has 1 atom stereocenters. The average molecular weight is 292 g/mol. The highest BCUT2D eigenvalue weighted by molar-refractivity contribution is 7.13. The Hall–Kier alpha value is -1.66. The molecule has 106 valence electrons. The number of aliphatic carboxylic acids is 1. The smallest absolute Gasteiger partial charge is 0.320 e. The van der Waals surface area contributed by atoms with Crippen LogP contribution >= 0.6 is 11.3 Å². The zero-order chi connectivity index (χ0) is 14.1. The highest BCUT2D eigenvalue weighted by Gasteiger charge is 2.35. The molecule has 20 heavy (non-hydrogen) atoms. The Kier molecular flexibility index (Phi) is 3.58. The fourth-order valence-electron chi connectivity index (χ4n) is 2.21. The highest BCUT2D eigenvalue weighted by atomic mass is 32.1. The molecule has 1 N–H and O–H groups in total. The van der Waals surface area contributed by atoms with Crippen LogP contribution in [0.5, 0.6) is 0 Å². The van der Waals surface area contributed by atoms with Gasteiger partial charge in [-0.3, -0.25) is 9.69 Å². The first kappa shape index (κ1) is 13.3. The van der Waals surface area contributed by atoms with Crippen LogP contribution in [-0.4, -0.2) is 33.0 Å². The molecule has 0 amide bonds. The highest BCUT2D eigenvalue weighted by Crippen LogP contribution is 2.31. The van der Waals surface area contributed by atoms with Gasteiger partial charge in [0.15, 0.2) is 10.8 Å². The van der Waals surface area contributed by atoms with Crippen molar-refractivity contribution < 1.29 is 14.3 Å². The van der Waals surface area contributed by atoms with Crippen LogP contribution in [0, 0.1) is 0 Å². The summed E-state index contributed by atoms with van der Waals surface area (Å²) in [5, 5.41) is 12.0. The topological polar surface area (TPSA) is 66.6 Å². The van der Waals surface area contributed by atoms with E-state index in [9.17, 15) is 9.90 Å². The van der Waals surface area contributed by atoms with Gasteiger partial charge in [0.25, 0.3) is 0 Å². The molecule has 2 aromatic rings. The van der Waals surface area contributed by atoms with Gasteiger partial charge in [0.2, 0.25) is 0 Å². The van der Waals surface area contributed by atoms with E-state index < -0.39 is 12.0 Å². The molecule has 0 radical (unpaired) electrons. The lowest BCUT2D eigenvalue weighted by atomic mass is 10.2. The van der Waals surface area contributed by atoms with Crippen molar-refractivity contribution >= 4 is 17.3 Å². The van der Waals surface area contributed by atoms with Crippen LogP contribution in [0.1, 0.15) is 25.5 Å². The van der Waals surface area contributed by atoms with Gasteiger partial charge in [0.1, 0.15) is 6.04 Å². The van der Waals surface area contributed by atoms with Gasteiger partial charge in [-0.2, -0.15) is 0 Å². The van der Waals surface area contributed by atoms with E-state index >= 15 is 0 Å². The maximum Gasteiger partial charge on any atom is 0.320 e. The van der Waals surface area contributed by atoms with Crippen molar-refractivity contribution in [3.8, 4) is 10.8 Å². The van der Waals surface area contributed by atoms with Gasteiger partial charge in [-0.1, -0.05) is 0 Å². The summed E-state index contributed by atoms with van der Waals surface area (Å²) < 4.78 is 5.32. The lowest BCUT2D eigenvalue weighted by molar-refractivity contribution is -0.143. The van der Waals surface area contributed by atoms with E-state index in [1.54, 1.807) is 13.2 Å². The molecule has 1 fully saturated rings. The molecule has 0 spiro atoms. The molecule has 6 heteroatoms. The van der Waals surface area contributed by atoms with Gasteiger partial charge in [0.05, 0.1) is 12.0 Å². The van der Waals surface area contributed by atoms with Crippen LogP contribution in [0.3, 0.4) is 0 Å². The molecule has 3 rings (SSSR count). The number of hydrogen-bond acceptors (Lipinski definition) is 5. The first-order valence-corrected chi connectivity index (χ1v) is 7.50. The van der Waals surface area contributed by atoms with E-state index in [4.69, 9.17) is 4.42 Å². The number of carbonyl (C=O) groups is 1. The summed E-state index contributed by atoms with van der Waals surface area (Å²) in [7, 11) is 0. The van der Waals surface area contributed by atoms with Gasteiger partial charge >= 0.3 is 5.97 Å². The van der Waals surface area contributed by atoms with Gasteiger partial charge in [-0.25, -0.2) is 4.98 Å². The van der Waals surface area contributed by atoms with Gasteiger partial charge in [-0.15, -0.1) is 11.3 Å². The van der Waals surface area contributed by atoms with Crippen molar-refractivity contribution in [2.75, 3.05) is 0 Å². The van der Waals surface area contributed by atoms with Crippen LogP contribution < -0.4 is 0 Å². The molecule has 2 heterocycles. The third-order valence-corrected chi connectivity index (χ3v) is 4.40. The number of furan rings is 1. The minimum absolute atomic E-state index is 0.384. The molecule has 0 bridgehead atoms. The van der Waals surface area contributed by atoms with Crippen LogP contribution in [0.2, 0.25) is 0 Å². The van der Waals surface area contributed by atoms with E-state index in [1.165, 1.54) is 11.3 Å². The van der Waals surface area contributed by atoms with Crippen molar-refractivity contribution in [2.45, 2.75) is 38.4 Å². The molecule has 5 nitrogen and oxygen atoms in total. The lowest BCUT2D eigenvalue weighted by Gasteiger charge is -2.25. The summed E-state index contributed by atoms with van der Waals surface area (Å²) in [6.07, 6.45) is 3.78. The predicted octanol–water partition coefficient (Wildman–Crippen LogP) is 2.84. The van der Waals surface area contributed by atoms with Crippen molar-refractivity contribution in [3.05, 3.63) is 29.5 Å². The van der Waals surface area contributed by atoms with E-state index in [2.05, 4.69) is 4.98 Å². The second kappa shape index (κ2) is 5.38. The molecule has 0 saturated heterocycles.